The molecule has 0 spiro atoms. The van der Waals surface area contributed by atoms with Crippen LogP contribution in [0.2, 0.25) is 0 Å². The molecule has 1 aromatic rings. The third-order valence-corrected chi connectivity index (χ3v) is 2.59. The quantitative estimate of drug-likeness (QED) is 0.699. The molecule has 1 saturated heterocycles. The number of hydrogen-bond donors (Lipinski definition) is 1. The average molecular weight is 172 g/mol. The topological polar surface area (TPSA) is 35.8 Å². The van der Waals surface area contributed by atoms with Gasteiger partial charge in [-0.1, -0.05) is 30.3 Å². The van der Waals surface area contributed by atoms with Crippen LogP contribution in [0.4, 0.5) is 0 Å². The minimum atomic E-state index is 0.00222. The van der Waals surface area contributed by atoms with Crippen molar-refractivity contribution in [3.63, 3.8) is 0 Å². The van der Waals surface area contributed by atoms with E-state index in [0.29, 0.717) is 5.92 Å². The molecule has 0 radical (unpaired) electrons. The average Bonchev–Trinajstić information content (AvgIpc) is 2.67. The van der Waals surface area contributed by atoms with Crippen molar-refractivity contribution in [2.24, 2.45) is 0 Å². The van der Waals surface area contributed by atoms with E-state index in [9.17, 15) is 0 Å². The highest BCUT2D eigenvalue weighted by Crippen LogP contribution is 2.26. The maximum Gasteiger partial charge on any atom is 0.102 e. The summed E-state index contributed by atoms with van der Waals surface area (Å²) in [4.78, 5) is 0. The van der Waals surface area contributed by atoms with Crippen molar-refractivity contribution in [2.75, 3.05) is 6.54 Å². The standard InChI is InChI=1S/C11H12N2/c12-8-11-10(6-7-13-11)9-4-2-1-3-5-9/h1-5,10-11,13H,6-7H2. The predicted octanol–water partition coefficient (Wildman–Crippen LogP) is 1.66. The van der Waals surface area contributed by atoms with Gasteiger partial charge < -0.3 is 5.32 Å². The maximum absolute atomic E-state index is 8.89. The Morgan fingerprint density at radius 1 is 1.31 bits per heavy atom. The van der Waals surface area contributed by atoms with Crippen molar-refractivity contribution in [3.05, 3.63) is 35.9 Å². The third-order valence-electron chi connectivity index (χ3n) is 2.59. The molecular weight excluding hydrogens is 160 g/mol. The molecular formula is C11H12N2. The number of nitrogens with one attached hydrogen (secondary N) is 1. The third kappa shape index (κ3) is 1.56. The van der Waals surface area contributed by atoms with Crippen molar-refractivity contribution >= 4 is 0 Å². The fourth-order valence-corrected chi connectivity index (χ4v) is 1.90. The molecule has 2 unspecified atom stereocenters. The Bertz CT molecular complexity index is 313. The van der Waals surface area contributed by atoms with Crippen LogP contribution in [0.5, 0.6) is 0 Å². The molecule has 1 aromatic carbocycles. The predicted molar refractivity (Wildman–Crippen MR) is 51.2 cm³/mol. The molecule has 2 rings (SSSR count). The van der Waals surface area contributed by atoms with Crippen molar-refractivity contribution in [1.29, 1.82) is 5.26 Å². The summed E-state index contributed by atoms with van der Waals surface area (Å²) in [5.41, 5.74) is 1.28. The fourth-order valence-electron chi connectivity index (χ4n) is 1.90. The van der Waals surface area contributed by atoms with Gasteiger partial charge in [-0.25, -0.2) is 0 Å². The Kier molecular flexibility index (Phi) is 2.29. The van der Waals surface area contributed by atoms with Crippen LogP contribution in [0.1, 0.15) is 17.9 Å². The van der Waals surface area contributed by atoms with Gasteiger partial charge in [0.15, 0.2) is 0 Å². The van der Waals surface area contributed by atoms with Crippen LogP contribution < -0.4 is 5.32 Å². The minimum Gasteiger partial charge on any atom is -0.301 e. The zero-order valence-corrected chi connectivity index (χ0v) is 7.40. The Morgan fingerprint density at radius 2 is 2.08 bits per heavy atom. The molecule has 2 atom stereocenters. The first-order chi connectivity index (χ1) is 6.42. The van der Waals surface area contributed by atoms with Gasteiger partial charge in [-0.3, -0.25) is 0 Å². The lowest BCUT2D eigenvalue weighted by Gasteiger charge is -2.12. The van der Waals surface area contributed by atoms with Gasteiger partial charge >= 0.3 is 0 Å². The van der Waals surface area contributed by atoms with Crippen LogP contribution in [0.15, 0.2) is 30.3 Å². The zero-order valence-electron chi connectivity index (χ0n) is 7.40. The lowest BCUT2D eigenvalue weighted by Crippen LogP contribution is -2.23. The molecule has 0 aromatic heterocycles. The summed E-state index contributed by atoms with van der Waals surface area (Å²) < 4.78 is 0. The van der Waals surface area contributed by atoms with Crippen LogP contribution in [0.3, 0.4) is 0 Å². The van der Waals surface area contributed by atoms with Gasteiger partial charge in [0.1, 0.15) is 6.04 Å². The van der Waals surface area contributed by atoms with E-state index in [2.05, 4.69) is 23.5 Å². The molecule has 1 N–H and O–H groups in total. The SMILES string of the molecule is N#CC1NCCC1c1ccccc1. The van der Waals surface area contributed by atoms with E-state index in [0.717, 1.165) is 13.0 Å². The first-order valence-electron chi connectivity index (χ1n) is 4.60. The highest BCUT2D eigenvalue weighted by Gasteiger charge is 2.27. The van der Waals surface area contributed by atoms with Crippen molar-refractivity contribution < 1.29 is 0 Å². The van der Waals surface area contributed by atoms with Gasteiger partial charge in [-0.2, -0.15) is 5.26 Å². The molecule has 0 aliphatic carbocycles. The summed E-state index contributed by atoms with van der Waals surface area (Å²) in [6.45, 7) is 0.956. The molecule has 1 fully saturated rings. The Morgan fingerprint density at radius 3 is 2.77 bits per heavy atom. The van der Waals surface area contributed by atoms with Crippen LogP contribution >= 0.6 is 0 Å². The molecule has 2 heteroatoms. The Balaban J connectivity index is 2.22. The minimum absolute atomic E-state index is 0.00222. The number of hydrogen-bond acceptors (Lipinski definition) is 2. The van der Waals surface area contributed by atoms with Gasteiger partial charge in [0.05, 0.1) is 6.07 Å². The molecule has 13 heavy (non-hydrogen) atoms. The van der Waals surface area contributed by atoms with Crippen molar-refractivity contribution in [2.45, 2.75) is 18.4 Å². The summed E-state index contributed by atoms with van der Waals surface area (Å²) in [6.07, 6.45) is 1.07. The lowest BCUT2D eigenvalue weighted by molar-refractivity contribution is 0.659. The summed E-state index contributed by atoms with van der Waals surface area (Å²) in [6, 6.07) is 12.6. The Hall–Kier alpha value is -1.33. The number of benzene rings is 1. The second-order valence-electron chi connectivity index (χ2n) is 3.37. The molecule has 2 nitrogen and oxygen atoms in total. The van der Waals surface area contributed by atoms with E-state index in [1.807, 2.05) is 18.2 Å². The summed E-state index contributed by atoms with van der Waals surface area (Å²) >= 11 is 0. The molecule has 0 saturated carbocycles. The van der Waals surface area contributed by atoms with E-state index in [4.69, 9.17) is 5.26 Å². The number of nitrogens with zero attached hydrogens (tertiary/aromatic N) is 1. The van der Waals surface area contributed by atoms with Crippen LogP contribution in [-0.2, 0) is 0 Å². The number of rotatable bonds is 1. The molecule has 1 aliphatic rings. The Labute approximate surface area is 78.2 Å². The molecule has 0 bridgehead atoms. The normalized spacial score (nSPS) is 27.0. The van der Waals surface area contributed by atoms with Crippen molar-refractivity contribution in [3.8, 4) is 6.07 Å². The van der Waals surface area contributed by atoms with Gasteiger partial charge in [0, 0.05) is 5.92 Å². The van der Waals surface area contributed by atoms with Crippen molar-refractivity contribution in [1.82, 2.24) is 5.32 Å². The maximum atomic E-state index is 8.89. The molecule has 1 heterocycles. The monoisotopic (exact) mass is 172 g/mol. The van der Waals surface area contributed by atoms with E-state index in [1.54, 1.807) is 0 Å². The molecule has 66 valence electrons. The molecule has 0 amide bonds. The largest absolute Gasteiger partial charge is 0.301 e. The van der Waals surface area contributed by atoms with E-state index < -0.39 is 0 Å². The van der Waals surface area contributed by atoms with E-state index in [-0.39, 0.29) is 6.04 Å². The van der Waals surface area contributed by atoms with Gasteiger partial charge in [-0.05, 0) is 18.5 Å². The van der Waals surface area contributed by atoms with Gasteiger partial charge in [0.2, 0.25) is 0 Å². The highest BCUT2D eigenvalue weighted by atomic mass is 14.9. The van der Waals surface area contributed by atoms with Crippen LogP contribution in [0, 0.1) is 11.3 Å². The highest BCUT2D eigenvalue weighted by molar-refractivity contribution is 5.25. The summed E-state index contributed by atoms with van der Waals surface area (Å²) in [5, 5.41) is 12.1. The number of nitriles is 1. The van der Waals surface area contributed by atoms with Gasteiger partial charge in [0.25, 0.3) is 0 Å². The second kappa shape index (κ2) is 3.59. The van der Waals surface area contributed by atoms with E-state index in [1.165, 1.54) is 5.56 Å². The lowest BCUT2D eigenvalue weighted by atomic mass is 9.93. The van der Waals surface area contributed by atoms with Gasteiger partial charge in [-0.15, -0.1) is 0 Å². The summed E-state index contributed by atoms with van der Waals surface area (Å²) in [5.74, 6) is 0.381. The fraction of sp³-hybridized carbons (Fsp3) is 0.364. The smallest absolute Gasteiger partial charge is 0.102 e. The zero-order chi connectivity index (χ0) is 9.10. The second-order valence-corrected chi connectivity index (χ2v) is 3.37. The summed E-state index contributed by atoms with van der Waals surface area (Å²) in [7, 11) is 0. The first kappa shape index (κ1) is 8.28. The molecule has 1 aliphatic heterocycles. The van der Waals surface area contributed by atoms with Crippen LogP contribution in [-0.4, -0.2) is 12.6 Å². The van der Waals surface area contributed by atoms with E-state index >= 15 is 0 Å². The first-order valence-corrected chi connectivity index (χ1v) is 4.60. The van der Waals surface area contributed by atoms with Crippen LogP contribution in [0.25, 0.3) is 0 Å².